The van der Waals surface area contributed by atoms with Gasteiger partial charge in [-0.2, -0.15) is 0 Å². The molecule has 0 unspecified atom stereocenters. The van der Waals surface area contributed by atoms with Gasteiger partial charge in [-0.15, -0.1) is 0 Å². The highest BCUT2D eigenvalue weighted by molar-refractivity contribution is 5.85. The van der Waals surface area contributed by atoms with Crippen molar-refractivity contribution in [3.8, 4) is 0 Å². The molecule has 0 spiro atoms. The third-order valence-electron chi connectivity index (χ3n) is 1.33. The molecule has 0 aromatic rings. The van der Waals surface area contributed by atoms with E-state index in [0.717, 1.165) is 0 Å². The number of hydrogen-bond donors (Lipinski definition) is 1. The molecule has 0 bridgehead atoms. The maximum absolute atomic E-state index is 10.7. The Hall–Kier alpha value is -1.64. The molecule has 0 atom stereocenters. The van der Waals surface area contributed by atoms with E-state index in [2.05, 4.69) is 11.9 Å². The number of nitrogens with one attached hydrogen (secondary N) is 1. The Kier molecular flexibility index (Phi) is 5.19. The lowest BCUT2D eigenvalue weighted by atomic mass is 10.2. The van der Waals surface area contributed by atoms with Crippen molar-refractivity contribution in [1.82, 2.24) is 5.32 Å². The van der Waals surface area contributed by atoms with Gasteiger partial charge in [0.15, 0.2) is 6.29 Å². The van der Waals surface area contributed by atoms with E-state index < -0.39 is 0 Å². The summed E-state index contributed by atoms with van der Waals surface area (Å²) in [6.07, 6.45) is 5.37. The Labute approximate surface area is 77.8 Å². The maximum atomic E-state index is 10.7. The number of aldehydes is 1. The minimum Gasteiger partial charge on any atom is -0.326 e. The van der Waals surface area contributed by atoms with Gasteiger partial charge in [-0.25, -0.2) is 0 Å². The Morgan fingerprint density at radius 1 is 1.46 bits per heavy atom. The summed E-state index contributed by atoms with van der Waals surface area (Å²) in [5.41, 5.74) is 0.912. The van der Waals surface area contributed by atoms with Gasteiger partial charge in [0.25, 0.3) is 0 Å². The second-order valence-electron chi connectivity index (χ2n) is 2.36. The van der Waals surface area contributed by atoms with Crippen LogP contribution >= 0.6 is 0 Å². The summed E-state index contributed by atoms with van der Waals surface area (Å²) in [7, 11) is 0. The van der Waals surface area contributed by atoms with Crippen molar-refractivity contribution in [3.05, 3.63) is 36.1 Å². The quantitative estimate of drug-likeness (QED) is 0.402. The summed E-state index contributed by atoms with van der Waals surface area (Å²) in [5.74, 6) is -0.204. The Balaban J connectivity index is 4.75. The summed E-state index contributed by atoms with van der Waals surface area (Å²) >= 11 is 0. The van der Waals surface area contributed by atoms with E-state index in [1.54, 1.807) is 13.0 Å². The van der Waals surface area contributed by atoms with Gasteiger partial charge in [0, 0.05) is 18.2 Å². The fourth-order valence-electron chi connectivity index (χ4n) is 0.820. The average Bonchev–Trinajstić information content (AvgIpc) is 2.10. The van der Waals surface area contributed by atoms with Crippen LogP contribution in [0.1, 0.15) is 13.8 Å². The van der Waals surface area contributed by atoms with Crippen molar-refractivity contribution in [2.45, 2.75) is 13.8 Å². The highest BCUT2D eigenvalue weighted by Crippen LogP contribution is 2.03. The van der Waals surface area contributed by atoms with Crippen molar-refractivity contribution < 1.29 is 9.59 Å². The predicted octanol–water partition coefficient (Wildman–Crippen LogP) is 1.34. The molecule has 3 heteroatoms. The van der Waals surface area contributed by atoms with Gasteiger partial charge in [0.2, 0.25) is 5.91 Å². The largest absolute Gasteiger partial charge is 0.326 e. The molecular weight excluding hydrogens is 166 g/mol. The Bertz CT molecular complexity index is 275. The molecule has 0 rings (SSSR count). The number of rotatable bonds is 4. The first-order chi connectivity index (χ1) is 6.15. The Morgan fingerprint density at radius 2 is 2.08 bits per heavy atom. The normalized spacial score (nSPS) is 12.2. The van der Waals surface area contributed by atoms with E-state index in [-0.39, 0.29) is 5.91 Å². The number of allylic oxidation sites excluding steroid dienone is 4. The van der Waals surface area contributed by atoms with Crippen LogP contribution in [0.15, 0.2) is 36.1 Å². The molecule has 0 aliphatic carbocycles. The smallest absolute Gasteiger partial charge is 0.221 e. The number of amides is 1. The van der Waals surface area contributed by atoms with Crippen molar-refractivity contribution in [2.75, 3.05) is 0 Å². The van der Waals surface area contributed by atoms with Crippen LogP contribution in [-0.2, 0) is 9.59 Å². The summed E-state index contributed by atoms with van der Waals surface area (Å²) in [6, 6.07) is 0. The van der Waals surface area contributed by atoms with Gasteiger partial charge in [-0.1, -0.05) is 24.8 Å². The second-order valence-corrected chi connectivity index (χ2v) is 2.36. The molecule has 0 saturated carbocycles. The molecule has 0 fully saturated rings. The fraction of sp³-hybridized carbons (Fsp3) is 0.200. The average molecular weight is 179 g/mol. The SMILES string of the molecule is C=C/C=C(C=O)\C(=C/C)NC(C)=O. The van der Waals surface area contributed by atoms with Crippen LogP contribution in [0, 0.1) is 0 Å². The zero-order valence-corrected chi connectivity index (χ0v) is 7.83. The molecule has 0 aliphatic heterocycles. The van der Waals surface area contributed by atoms with E-state index in [1.807, 2.05) is 0 Å². The van der Waals surface area contributed by atoms with Crippen LogP contribution in [-0.4, -0.2) is 12.2 Å². The number of hydrogen-bond acceptors (Lipinski definition) is 2. The van der Waals surface area contributed by atoms with Crippen molar-refractivity contribution in [3.63, 3.8) is 0 Å². The topological polar surface area (TPSA) is 46.2 Å². The van der Waals surface area contributed by atoms with E-state index in [0.29, 0.717) is 17.6 Å². The summed E-state index contributed by atoms with van der Waals surface area (Å²) in [6.45, 7) is 6.60. The number of carbonyl (C=O) groups is 2. The lowest BCUT2D eigenvalue weighted by Crippen LogP contribution is -2.20. The first-order valence-corrected chi connectivity index (χ1v) is 3.87. The standard InChI is InChI=1S/C10H13NO2/c1-4-6-9(7-12)10(5-2)11-8(3)13/h4-7H,1H2,2-3H3,(H,11,13)/b9-6-,10-5+. The monoisotopic (exact) mass is 179 g/mol. The van der Waals surface area contributed by atoms with Gasteiger partial charge >= 0.3 is 0 Å². The van der Waals surface area contributed by atoms with Crippen molar-refractivity contribution >= 4 is 12.2 Å². The fourth-order valence-corrected chi connectivity index (χ4v) is 0.820. The van der Waals surface area contributed by atoms with Crippen molar-refractivity contribution in [2.24, 2.45) is 0 Å². The van der Waals surface area contributed by atoms with Crippen LogP contribution in [0.3, 0.4) is 0 Å². The summed E-state index contributed by atoms with van der Waals surface area (Å²) < 4.78 is 0. The molecule has 0 aromatic heterocycles. The van der Waals surface area contributed by atoms with Crippen molar-refractivity contribution in [1.29, 1.82) is 0 Å². The van der Waals surface area contributed by atoms with Crippen LogP contribution in [0.2, 0.25) is 0 Å². The van der Waals surface area contributed by atoms with Gasteiger partial charge in [0.05, 0.1) is 0 Å². The molecule has 0 saturated heterocycles. The van der Waals surface area contributed by atoms with E-state index in [9.17, 15) is 9.59 Å². The summed E-state index contributed by atoms with van der Waals surface area (Å²) in [4.78, 5) is 21.3. The molecule has 0 heterocycles. The Morgan fingerprint density at radius 3 is 2.38 bits per heavy atom. The zero-order chi connectivity index (χ0) is 10.3. The van der Waals surface area contributed by atoms with Gasteiger partial charge in [-0.3, -0.25) is 9.59 Å². The van der Waals surface area contributed by atoms with E-state index >= 15 is 0 Å². The first-order valence-electron chi connectivity index (χ1n) is 3.87. The van der Waals surface area contributed by atoms with Gasteiger partial charge < -0.3 is 5.32 Å². The van der Waals surface area contributed by atoms with Gasteiger partial charge in [-0.05, 0) is 6.92 Å². The first kappa shape index (κ1) is 11.4. The summed E-state index contributed by atoms with van der Waals surface area (Å²) in [5, 5.41) is 2.54. The van der Waals surface area contributed by atoms with Crippen LogP contribution in [0.4, 0.5) is 0 Å². The molecule has 3 nitrogen and oxygen atoms in total. The third-order valence-corrected chi connectivity index (χ3v) is 1.33. The second kappa shape index (κ2) is 5.94. The zero-order valence-electron chi connectivity index (χ0n) is 7.83. The molecule has 0 aliphatic rings. The lowest BCUT2D eigenvalue weighted by Gasteiger charge is -2.05. The molecule has 1 amide bonds. The molecule has 0 aromatic carbocycles. The maximum Gasteiger partial charge on any atom is 0.221 e. The van der Waals surface area contributed by atoms with Gasteiger partial charge in [0.1, 0.15) is 0 Å². The minimum atomic E-state index is -0.204. The lowest BCUT2D eigenvalue weighted by molar-refractivity contribution is -0.118. The minimum absolute atomic E-state index is 0.204. The molecular formula is C10H13NO2. The molecule has 1 N–H and O–H groups in total. The third kappa shape index (κ3) is 4.06. The van der Waals surface area contributed by atoms with Crippen LogP contribution in [0.25, 0.3) is 0 Å². The molecule has 70 valence electrons. The molecule has 13 heavy (non-hydrogen) atoms. The molecule has 0 radical (unpaired) electrons. The van der Waals surface area contributed by atoms with Crippen LogP contribution < -0.4 is 5.32 Å². The van der Waals surface area contributed by atoms with Crippen LogP contribution in [0.5, 0.6) is 0 Å². The predicted molar refractivity (Wildman–Crippen MR) is 51.9 cm³/mol. The highest BCUT2D eigenvalue weighted by atomic mass is 16.1. The number of carbonyl (C=O) groups excluding carboxylic acids is 2. The van der Waals surface area contributed by atoms with E-state index in [1.165, 1.54) is 19.1 Å². The van der Waals surface area contributed by atoms with E-state index in [4.69, 9.17) is 0 Å². The highest BCUT2D eigenvalue weighted by Gasteiger charge is 2.02.